The van der Waals surface area contributed by atoms with Gasteiger partial charge in [-0.3, -0.25) is 0 Å². The van der Waals surface area contributed by atoms with Crippen LogP contribution in [0.4, 0.5) is 5.69 Å². The smallest absolute Gasteiger partial charge is 0.180 e. The molecule has 1 aliphatic carbocycles. The van der Waals surface area contributed by atoms with E-state index in [2.05, 4.69) is 19.2 Å². The Hall–Kier alpha value is -1.07. The molecule has 21 heavy (non-hydrogen) atoms. The Balaban J connectivity index is 2.19. The Bertz CT molecular complexity index is 595. The molecule has 2 unspecified atom stereocenters. The van der Waals surface area contributed by atoms with Crippen LogP contribution >= 0.6 is 0 Å². The molecule has 5 heteroatoms. The van der Waals surface area contributed by atoms with E-state index in [9.17, 15) is 8.42 Å². The van der Waals surface area contributed by atoms with E-state index in [0.717, 1.165) is 6.42 Å². The molecular weight excluding hydrogens is 286 g/mol. The highest BCUT2D eigenvalue weighted by Crippen LogP contribution is 2.44. The SMILES string of the molecule is CCOC1CC(Nc2ccccc2S(=O)(=O)CC)C1(C)C. The van der Waals surface area contributed by atoms with Gasteiger partial charge in [-0.25, -0.2) is 8.42 Å². The van der Waals surface area contributed by atoms with Gasteiger partial charge in [-0.05, 0) is 25.5 Å². The van der Waals surface area contributed by atoms with Crippen LogP contribution in [0.5, 0.6) is 0 Å². The number of hydrogen-bond acceptors (Lipinski definition) is 4. The summed E-state index contributed by atoms with van der Waals surface area (Å²) in [5.41, 5.74) is 0.700. The van der Waals surface area contributed by atoms with Gasteiger partial charge in [-0.1, -0.05) is 32.9 Å². The van der Waals surface area contributed by atoms with E-state index < -0.39 is 9.84 Å². The van der Waals surface area contributed by atoms with Crippen molar-refractivity contribution in [3.05, 3.63) is 24.3 Å². The first kappa shape index (κ1) is 16.3. The molecule has 0 saturated heterocycles. The molecule has 0 heterocycles. The summed E-state index contributed by atoms with van der Waals surface area (Å²) < 4.78 is 30.1. The summed E-state index contributed by atoms with van der Waals surface area (Å²) in [7, 11) is -3.21. The van der Waals surface area contributed by atoms with Gasteiger partial charge < -0.3 is 10.1 Å². The number of nitrogens with one attached hydrogen (secondary N) is 1. The molecule has 0 radical (unpaired) electrons. The molecule has 0 aromatic heterocycles. The molecule has 0 amide bonds. The van der Waals surface area contributed by atoms with Gasteiger partial charge in [-0.15, -0.1) is 0 Å². The average Bonchev–Trinajstić information content (AvgIpc) is 2.46. The average molecular weight is 311 g/mol. The fourth-order valence-electron chi connectivity index (χ4n) is 2.81. The monoisotopic (exact) mass is 311 g/mol. The van der Waals surface area contributed by atoms with Crippen LogP contribution in [0.2, 0.25) is 0 Å². The largest absolute Gasteiger partial charge is 0.381 e. The number of rotatable bonds is 6. The quantitative estimate of drug-likeness (QED) is 0.877. The predicted molar refractivity (Wildman–Crippen MR) is 85.4 cm³/mol. The minimum atomic E-state index is -3.21. The molecule has 0 spiro atoms. The number of sulfone groups is 1. The van der Waals surface area contributed by atoms with Crippen LogP contribution in [0.25, 0.3) is 0 Å². The number of ether oxygens (including phenoxy) is 1. The third-order valence-corrected chi connectivity index (χ3v) is 6.26. The van der Waals surface area contributed by atoms with E-state index in [1.807, 2.05) is 19.1 Å². The first-order chi connectivity index (χ1) is 9.82. The third kappa shape index (κ3) is 3.09. The van der Waals surface area contributed by atoms with E-state index >= 15 is 0 Å². The van der Waals surface area contributed by atoms with Gasteiger partial charge >= 0.3 is 0 Å². The molecule has 1 aromatic carbocycles. The summed E-state index contributed by atoms with van der Waals surface area (Å²) in [6.07, 6.45) is 1.14. The van der Waals surface area contributed by atoms with Crippen molar-refractivity contribution in [2.24, 2.45) is 5.41 Å². The molecule has 1 fully saturated rings. The second-order valence-electron chi connectivity index (χ2n) is 6.10. The van der Waals surface area contributed by atoms with Crippen molar-refractivity contribution in [2.75, 3.05) is 17.7 Å². The van der Waals surface area contributed by atoms with Crippen LogP contribution in [0.15, 0.2) is 29.2 Å². The molecule has 118 valence electrons. The standard InChI is InChI=1S/C16H25NO3S/c1-5-20-15-11-14(16(15,3)4)17-12-9-7-8-10-13(12)21(18,19)6-2/h7-10,14-15,17H,5-6,11H2,1-4H3. The van der Waals surface area contributed by atoms with Crippen molar-refractivity contribution in [3.8, 4) is 0 Å². The summed E-state index contributed by atoms with van der Waals surface area (Å²) in [6.45, 7) is 8.70. The van der Waals surface area contributed by atoms with Crippen LogP contribution < -0.4 is 5.32 Å². The van der Waals surface area contributed by atoms with Crippen LogP contribution in [-0.2, 0) is 14.6 Å². The molecule has 0 aliphatic heterocycles. The molecule has 1 saturated carbocycles. The minimum Gasteiger partial charge on any atom is -0.381 e. The zero-order chi connectivity index (χ0) is 15.7. The maximum atomic E-state index is 12.2. The molecule has 0 bridgehead atoms. The van der Waals surface area contributed by atoms with E-state index in [0.29, 0.717) is 17.2 Å². The first-order valence-corrected chi connectivity index (χ1v) is 9.18. The summed E-state index contributed by atoms with van der Waals surface area (Å²) in [6, 6.07) is 7.37. The van der Waals surface area contributed by atoms with Crippen molar-refractivity contribution < 1.29 is 13.2 Å². The van der Waals surface area contributed by atoms with Crippen LogP contribution in [-0.4, -0.2) is 32.9 Å². The van der Waals surface area contributed by atoms with Crippen molar-refractivity contribution in [1.29, 1.82) is 0 Å². The summed E-state index contributed by atoms with van der Waals surface area (Å²) in [5.74, 6) is 0.112. The number of para-hydroxylation sites is 1. The van der Waals surface area contributed by atoms with Gasteiger partial charge in [0.15, 0.2) is 9.84 Å². The molecule has 2 rings (SSSR count). The van der Waals surface area contributed by atoms with E-state index in [1.54, 1.807) is 19.1 Å². The highest BCUT2D eigenvalue weighted by Gasteiger charge is 2.49. The lowest BCUT2D eigenvalue weighted by molar-refractivity contribution is -0.0976. The molecule has 2 atom stereocenters. The van der Waals surface area contributed by atoms with Crippen LogP contribution in [0.3, 0.4) is 0 Å². The normalized spacial score (nSPS) is 24.4. The van der Waals surface area contributed by atoms with Crippen LogP contribution in [0.1, 0.15) is 34.1 Å². The fourth-order valence-corrected chi connectivity index (χ4v) is 3.87. The highest BCUT2D eigenvalue weighted by molar-refractivity contribution is 7.91. The molecule has 1 aliphatic rings. The second-order valence-corrected chi connectivity index (χ2v) is 8.34. The zero-order valence-electron chi connectivity index (χ0n) is 13.2. The van der Waals surface area contributed by atoms with E-state index in [1.165, 1.54) is 0 Å². The Morgan fingerprint density at radius 1 is 1.29 bits per heavy atom. The molecule has 1 aromatic rings. The Labute approximate surface area is 127 Å². The van der Waals surface area contributed by atoms with Gasteiger partial charge in [0, 0.05) is 18.1 Å². The number of anilines is 1. The Morgan fingerprint density at radius 3 is 2.52 bits per heavy atom. The highest BCUT2D eigenvalue weighted by atomic mass is 32.2. The van der Waals surface area contributed by atoms with Crippen molar-refractivity contribution in [3.63, 3.8) is 0 Å². The second kappa shape index (κ2) is 5.97. The van der Waals surface area contributed by atoms with Gasteiger partial charge in [0.05, 0.1) is 22.4 Å². The maximum Gasteiger partial charge on any atom is 0.180 e. The zero-order valence-corrected chi connectivity index (χ0v) is 14.0. The number of benzene rings is 1. The predicted octanol–water partition coefficient (Wildman–Crippen LogP) is 3.10. The lowest BCUT2D eigenvalue weighted by atomic mass is 9.64. The van der Waals surface area contributed by atoms with Gasteiger partial charge in [0.2, 0.25) is 0 Å². The van der Waals surface area contributed by atoms with E-state index in [-0.39, 0.29) is 23.3 Å². The minimum absolute atomic E-state index is 0.000895. The summed E-state index contributed by atoms with van der Waals surface area (Å²) in [4.78, 5) is 0.392. The van der Waals surface area contributed by atoms with Gasteiger partial charge in [-0.2, -0.15) is 0 Å². The van der Waals surface area contributed by atoms with Crippen molar-refractivity contribution in [1.82, 2.24) is 0 Å². The van der Waals surface area contributed by atoms with Crippen LogP contribution in [0, 0.1) is 5.41 Å². The molecule has 4 nitrogen and oxygen atoms in total. The summed E-state index contributed by atoms with van der Waals surface area (Å²) in [5, 5.41) is 3.41. The topological polar surface area (TPSA) is 55.4 Å². The Morgan fingerprint density at radius 2 is 1.95 bits per heavy atom. The number of hydrogen-bond donors (Lipinski definition) is 1. The van der Waals surface area contributed by atoms with Crippen molar-refractivity contribution >= 4 is 15.5 Å². The molecule has 1 N–H and O–H groups in total. The lowest BCUT2D eigenvalue weighted by Gasteiger charge is -2.52. The molecular formula is C16H25NO3S. The lowest BCUT2D eigenvalue weighted by Crippen LogP contribution is -2.58. The fraction of sp³-hybridized carbons (Fsp3) is 0.625. The maximum absolute atomic E-state index is 12.2. The summed E-state index contributed by atoms with van der Waals surface area (Å²) >= 11 is 0. The third-order valence-electron chi connectivity index (χ3n) is 4.48. The van der Waals surface area contributed by atoms with Gasteiger partial charge in [0.1, 0.15) is 0 Å². The Kier molecular flexibility index (Phi) is 4.63. The van der Waals surface area contributed by atoms with Crippen molar-refractivity contribution in [2.45, 2.75) is 51.2 Å². The van der Waals surface area contributed by atoms with Gasteiger partial charge in [0.25, 0.3) is 0 Å². The first-order valence-electron chi connectivity index (χ1n) is 7.52. The van der Waals surface area contributed by atoms with E-state index in [4.69, 9.17) is 4.74 Å².